The molecule has 2 rings (SSSR count). The van der Waals surface area contributed by atoms with Crippen LogP contribution in [0.4, 0.5) is 4.39 Å². The molecule has 2 unspecified atom stereocenters. The Bertz CT molecular complexity index is 431. The number of hydrogen-bond donors (Lipinski definition) is 0. The Morgan fingerprint density at radius 1 is 1.42 bits per heavy atom. The summed E-state index contributed by atoms with van der Waals surface area (Å²) in [6.07, 6.45) is 5.23. The van der Waals surface area contributed by atoms with Crippen molar-refractivity contribution in [2.24, 2.45) is 11.0 Å². The molecular formula is C13H20BrFN2OSi. The molecule has 6 heteroatoms. The first kappa shape index (κ1) is 14.9. The highest BCUT2D eigenvalue weighted by atomic mass is 79.9. The lowest BCUT2D eigenvalue weighted by molar-refractivity contribution is 0.0256. The van der Waals surface area contributed by atoms with Crippen molar-refractivity contribution in [3.8, 4) is 0 Å². The lowest BCUT2D eigenvalue weighted by Crippen LogP contribution is -2.33. The minimum absolute atomic E-state index is 0.0156. The first-order valence-electron chi connectivity index (χ1n) is 6.50. The molecule has 1 aliphatic carbocycles. The summed E-state index contributed by atoms with van der Waals surface area (Å²) in [5.74, 6) is -0.198. The molecule has 1 heterocycles. The summed E-state index contributed by atoms with van der Waals surface area (Å²) in [6.45, 7) is 8.22. The molecule has 0 bridgehead atoms. The van der Waals surface area contributed by atoms with Gasteiger partial charge in [0.15, 0.2) is 0 Å². The van der Waals surface area contributed by atoms with Gasteiger partial charge in [-0.25, -0.2) is 4.39 Å². The van der Waals surface area contributed by atoms with Gasteiger partial charge < -0.3 is 4.74 Å². The van der Waals surface area contributed by atoms with Crippen LogP contribution in [0.2, 0.25) is 25.7 Å². The van der Waals surface area contributed by atoms with Crippen molar-refractivity contribution >= 4 is 30.2 Å². The molecular weight excluding hydrogens is 327 g/mol. The number of nitrogens with zero attached hydrogens (tertiary/aromatic N) is 2. The molecule has 106 valence electrons. The number of hydrazone groups is 1. The quantitative estimate of drug-likeness (QED) is 0.559. The van der Waals surface area contributed by atoms with Crippen molar-refractivity contribution in [1.29, 1.82) is 0 Å². The lowest BCUT2D eigenvalue weighted by Gasteiger charge is -2.26. The summed E-state index contributed by atoms with van der Waals surface area (Å²) >= 11 is 3.23. The minimum Gasteiger partial charge on any atom is -0.360 e. The summed E-state index contributed by atoms with van der Waals surface area (Å²) in [5.41, 5.74) is 0. The Morgan fingerprint density at radius 2 is 2.16 bits per heavy atom. The molecule has 19 heavy (non-hydrogen) atoms. The van der Waals surface area contributed by atoms with E-state index < -0.39 is 8.07 Å². The fourth-order valence-electron chi connectivity index (χ4n) is 2.00. The first-order chi connectivity index (χ1) is 8.87. The van der Waals surface area contributed by atoms with Gasteiger partial charge in [-0.3, -0.25) is 5.01 Å². The highest BCUT2D eigenvalue weighted by Crippen LogP contribution is 2.32. The van der Waals surface area contributed by atoms with Crippen LogP contribution in [0.15, 0.2) is 27.6 Å². The topological polar surface area (TPSA) is 24.8 Å². The standard InChI is InChI=1S/C13H20BrFN2OSi/c1-19(2,3)5-4-18-9-17-13-7-11(14)12(15)6-10(13)8-16-17/h6-8,10,13H,4-5,9H2,1-3H3. The van der Waals surface area contributed by atoms with Crippen LogP contribution in [0.3, 0.4) is 0 Å². The number of ether oxygens (including phenoxy) is 1. The van der Waals surface area contributed by atoms with E-state index in [2.05, 4.69) is 40.7 Å². The van der Waals surface area contributed by atoms with Crippen LogP contribution in [0, 0.1) is 5.92 Å². The van der Waals surface area contributed by atoms with Crippen molar-refractivity contribution in [3.63, 3.8) is 0 Å². The minimum atomic E-state index is -1.05. The van der Waals surface area contributed by atoms with E-state index in [0.29, 0.717) is 11.2 Å². The molecule has 0 fully saturated rings. The fraction of sp³-hybridized carbons (Fsp3) is 0.615. The van der Waals surface area contributed by atoms with Crippen molar-refractivity contribution < 1.29 is 9.13 Å². The van der Waals surface area contributed by atoms with Crippen molar-refractivity contribution in [3.05, 3.63) is 22.5 Å². The Hall–Kier alpha value is -0.463. The first-order valence-corrected chi connectivity index (χ1v) is 11.0. The zero-order chi connectivity index (χ0) is 14.0. The summed E-state index contributed by atoms with van der Waals surface area (Å²) in [5, 5.41) is 6.18. The molecule has 0 aromatic carbocycles. The highest BCUT2D eigenvalue weighted by molar-refractivity contribution is 9.11. The molecule has 3 nitrogen and oxygen atoms in total. The molecule has 0 aromatic heterocycles. The predicted molar refractivity (Wildman–Crippen MR) is 82.8 cm³/mol. The molecule has 0 saturated heterocycles. The number of allylic oxidation sites excluding steroid dienone is 2. The van der Waals surface area contributed by atoms with Crippen molar-refractivity contribution in [2.45, 2.75) is 31.7 Å². The normalized spacial score (nSPS) is 26.3. The maximum atomic E-state index is 13.4. The van der Waals surface area contributed by atoms with Crippen LogP contribution in [0.25, 0.3) is 0 Å². The van der Waals surface area contributed by atoms with Crippen LogP contribution < -0.4 is 0 Å². The van der Waals surface area contributed by atoms with E-state index in [1.807, 2.05) is 11.1 Å². The molecule has 0 saturated carbocycles. The Kier molecular flexibility index (Phi) is 4.63. The number of rotatable bonds is 5. The maximum Gasteiger partial charge on any atom is 0.135 e. The van der Waals surface area contributed by atoms with E-state index in [4.69, 9.17) is 4.74 Å². The third kappa shape index (κ3) is 4.00. The van der Waals surface area contributed by atoms with Gasteiger partial charge in [-0.2, -0.15) is 5.10 Å². The van der Waals surface area contributed by atoms with Crippen molar-refractivity contribution in [1.82, 2.24) is 5.01 Å². The SMILES string of the molecule is C[Si](C)(C)CCOCN1N=CC2C=C(F)C(Br)=CC21. The zero-order valence-electron chi connectivity index (χ0n) is 11.6. The molecule has 0 N–H and O–H groups in total. The van der Waals surface area contributed by atoms with E-state index in [0.717, 1.165) is 12.7 Å². The molecule has 2 atom stereocenters. The summed E-state index contributed by atoms with van der Waals surface area (Å²) in [6, 6.07) is 1.22. The van der Waals surface area contributed by atoms with E-state index in [-0.39, 0.29) is 17.8 Å². The van der Waals surface area contributed by atoms with Gasteiger partial charge in [0, 0.05) is 26.8 Å². The van der Waals surface area contributed by atoms with Gasteiger partial charge in [-0.15, -0.1) is 0 Å². The van der Waals surface area contributed by atoms with Gasteiger partial charge in [0.2, 0.25) is 0 Å². The predicted octanol–water partition coefficient (Wildman–Crippen LogP) is 3.73. The maximum absolute atomic E-state index is 13.4. The second-order valence-corrected chi connectivity index (χ2v) is 12.6. The van der Waals surface area contributed by atoms with E-state index in [1.165, 1.54) is 0 Å². The van der Waals surface area contributed by atoms with Gasteiger partial charge >= 0.3 is 0 Å². The number of hydrogen-bond acceptors (Lipinski definition) is 3. The zero-order valence-corrected chi connectivity index (χ0v) is 14.2. The van der Waals surface area contributed by atoms with Crippen LogP contribution in [0.5, 0.6) is 0 Å². The number of halogens is 2. The summed E-state index contributed by atoms with van der Waals surface area (Å²) < 4.78 is 19.6. The van der Waals surface area contributed by atoms with Crippen LogP contribution >= 0.6 is 15.9 Å². The molecule has 0 spiro atoms. The smallest absolute Gasteiger partial charge is 0.135 e. The Morgan fingerprint density at radius 3 is 2.84 bits per heavy atom. The molecule has 0 radical (unpaired) electrons. The molecule has 1 aliphatic heterocycles. The van der Waals surface area contributed by atoms with Gasteiger partial charge in [-0.05, 0) is 34.1 Å². The highest BCUT2D eigenvalue weighted by Gasteiger charge is 2.32. The Labute approximate surface area is 123 Å². The average Bonchev–Trinajstić information content (AvgIpc) is 2.67. The second-order valence-electron chi connectivity index (χ2n) is 6.15. The van der Waals surface area contributed by atoms with E-state index in [1.54, 1.807) is 12.3 Å². The third-order valence-electron chi connectivity index (χ3n) is 3.23. The molecule has 0 amide bonds. The third-order valence-corrected chi connectivity index (χ3v) is 5.58. The van der Waals surface area contributed by atoms with Gasteiger partial charge in [0.25, 0.3) is 0 Å². The van der Waals surface area contributed by atoms with Gasteiger partial charge in [0.05, 0.1) is 10.5 Å². The average molecular weight is 347 g/mol. The monoisotopic (exact) mass is 346 g/mol. The van der Waals surface area contributed by atoms with Crippen LogP contribution in [-0.2, 0) is 4.74 Å². The second kappa shape index (κ2) is 5.89. The summed E-state index contributed by atoms with van der Waals surface area (Å²) in [4.78, 5) is 0. The Balaban J connectivity index is 1.82. The van der Waals surface area contributed by atoms with Crippen LogP contribution in [0.1, 0.15) is 0 Å². The molecule has 0 aromatic rings. The van der Waals surface area contributed by atoms with Gasteiger partial charge in [-0.1, -0.05) is 19.6 Å². The number of fused-ring (bicyclic) bond motifs is 1. The van der Waals surface area contributed by atoms with Crippen molar-refractivity contribution in [2.75, 3.05) is 13.3 Å². The van der Waals surface area contributed by atoms with Crippen LogP contribution in [-0.4, -0.2) is 38.7 Å². The fourth-order valence-corrected chi connectivity index (χ4v) is 3.16. The van der Waals surface area contributed by atoms with E-state index >= 15 is 0 Å². The molecule has 2 aliphatic rings. The lowest BCUT2D eigenvalue weighted by atomic mass is 9.97. The summed E-state index contributed by atoms with van der Waals surface area (Å²) in [7, 11) is -1.05. The largest absolute Gasteiger partial charge is 0.360 e. The van der Waals surface area contributed by atoms with E-state index in [9.17, 15) is 4.39 Å². The van der Waals surface area contributed by atoms with Gasteiger partial charge in [0.1, 0.15) is 12.6 Å².